The third-order valence-electron chi connectivity index (χ3n) is 3.76. The molecule has 5 nitrogen and oxygen atoms in total. The maximum atomic E-state index is 10.2. The number of aliphatic hydroxyl groups is 1. The van der Waals surface area contributed by atoms with E-state index in [9.17, 15) is 5.11 Å². The van der Waals surface area contributed by atoms with E-state index in [4.69, 9.17) is 18.9 Å². The Morgan fingerprint density at radius 3 is 2.26 bits per heavy atom. The zero-order valence-electron chi connectivity index (χ0n) is 13.2. The summed E-state index contributed by atoms with van der Waals surface area (Å²) in [5, 5.41) is 10.2. The van der Waals surface area contributed by atoms with E-state index in [0.29, 0.717) is 36.0 Å². The van der Waals surface area contributed by atoms with Gasteiger partial charge in [0, 0.05) is 0 Å². The predicted octanol–water partition coefficient (Wildman–Crippen LogP) is 2.72. The van der Waals surface area contributed by atoms with Crippen LogP contribution in [-0.4, -0.2) is 32.0 Å². The van der Waals surface area contributed by atoms with Crippen molar-refractivity contribution in [3.05, 3.63) is 53.6 Å². The van der Waals surface area contributed by atoms with Gasteiger partial charge in [-0.3, -0.25) is 0 Å². The average Bonchev–Trinajstić information content (AvgIpc) is 3.44. The van der Waals surface area contributed by atoms with Gasteiger partial charge in [0.1, 0.15) is 18.8 Å². The van der Waals surface area contributed by atoms with Crippen LogP contribution in [0.4, 0.5) is 0 Å². The number of hydrogen-bond acceptors (Lipinski definition) is 5. The van der Waals surface area contributed by atoms with Gasteiger partial charge in [-0.15, -0.1) is 0 Å². The second kappa shape index (κ2) is 6.89. The van der Waals surface area contributed by atoms with Crippen molar-refractivity contribution >= 4 is 0 Å². The maximum Gasteiger partial charge on any atom is 0.203 e. The summed E-state index contributed by atoms with van der Waals surface area (Å²) in [4.78, 5) is 0. The van der Waals surface area contributed by atoms with E-state index >= 15 is 0 Å². The van der Waals surface area contributed by atoms with Crippen LogP contribution >= 0.6 is 0 Å². The molecule has 0 bridgehead atoms. The van der Waals surface area contributed by atoms with Crippen LogP contribution in [0.5, 0.6) is 17.2 Å². The van der Waals surface area contributed by atoms with Gasteiger partial charge in [-0.1, -0.05) is 30.3 Å². The van der Waals surface area contributed by atoms with E-state index in [1.54, 1.807) is 26.4 Å². The Bertz CT molecular complexity index is 627. The topological polar surface area (TPSA) is 60.5 Å². The van der Waals surface area contributed by atoms with Crippen LogP contribution in [0.2, 0.25) is 0 Å². The third kappa shape index (κ3) is 3.57. The molecule has 1 aliphatic rings. The van der Waals surface area contributed by atoms with Crippen LogP contribution in [0.25, 0.3) is 0 Å². The summed E-state index contributed by atoms with van der Waals surface area (Å²) in [5.74, 6) is 1.57. The van der Waals surface area contributed by atoms with Gasteiger partial charge < -0.3 is 24.1 Å². The van der Waals surface area contributed by atoms with Crippen LogP contribution in [0, 0.1) is 0 Å². The van der Waals surface area contributed by atoms with Gasteiger partial charge in [0.2, 0.25) is 5.75 Å². The van der Waals surface area contributed by atoms with Crippen LogP contribution in [0.3, 0.4) is 0 Å². The van der Waals surface area contributed by atoms with Crippen LogP contribution in [0.15, 0.2) is 42.5 Å². The number of benzene rings is 2. The molecule has 0 aliphatic carbocycles. The quantitative estimate of drug-likeness (QED) is 0.796. The van der Waals surface area contributed by atoms with Crippen molar-refractivity contribution in [2.45, 2.75) is 18.8 Å². The highest BCUT2D eigenvalue weighted by molar-refractivity contribution is 5.54. The standard InChI is InChI=1S/C18H20O5/c1-20-14-8-13(17(19)16-11-22-16)9-15(21-2)18(14)23-10-12-6-4-3-5-7-12/h3-9,16-17,19H,10-11H2,1-2H3/t16?,17-/m0/s1. The third-order valence-corrected chi connectivity index (χ3v) is 3.76. The largest absolute Gasteiger partial charge is 0.493 e. The van der Waals surface area contributed by atoms with Gasteiger partial charge in [0.05, 0.1) is 20.8 Å². The molecule has 1 fully saturated rings. The normalized spacial score (nSPS) is 17.4. The molecule has 1 unspecified atom stereocenters. The lowest BCUT2D eigenvalue weighted by Crippen LogP contribution is -2.07. The lowest BCUT2D eigenvalue weighted by molar-refractivity contribution is 0.136. The number of ether oxygens (including phenoxy) is 4. The van der Waals surface area contributed by atoms with Crippen molar-refractivity contribution in [2.75, 3.05) is 20.8 Å². The van der Waals surface area contributed by atoms with E-state index < -0.39 is 6.10 Å². The Balaban J connectivity index is 1.85. The molecule has 0 saturated carbocycles. The van der Waals surface area contributed by atoms with Crippen LogP contribution in [-0.2, 0) is 11.3 Å². The van der Waals surface area contributed by atoms with Gasteiger partial charge >= 0.3 is 0 Å². The fraction of sp³-hybridized carbons (Fsp3) is 0.333. The molecule has 1 N–H and O–H groups in total. The monoisotopic (exact) mass is 316 g/mol. The minimum atomic E-state index is -0.694. The van der Waals surface area contributed by atoms with Crippen LogP contribution < -0.4 is 14.2 Å². The lowest BCUT2D eigenvalue weighted by atomic mass is 10.1. The first-order chi connectivity index (χ1) is 11.2. The highest BCUT2D eigenvalue weighted by Crippen LogP contribution is 2.42. The highest BCUT2D eigenvalue weighted by atomic mass is 16.6. The minimum Gasteiger partial charge on any atom is -0.493 e. The second-order valence-corrected chi connectivity index (χ2v) is 5.35. The zero-order chi connectivity index (χ0) is 16.2. The number of hydrogen-bond donors (Lipinski definition) is 1. The highest BCUT2D eigenvalue weighted by Gasteiger charge is 2.33. The Labute approximate surface area is 135 Å². The second-order valence-electron chi connectivity index (χ2n) is 5.35. The first-order valence-corrected chi connectivity index (χ1v) is 7.45. The summed E-state index contributed by atoms with van der Waals surface area (Å²) in [6, 6.07) is 13.4. The van der Waals surface area contributed by atoms with Crippen molar-refractivity contribution in [2.24, 2.45) is 0 Å². The first-order valence-electron chi connectivity index (χ1n) is 7.45. The molecule has 2 atom stereocenters. The molecule has 2 aromatic carbocycles. The molecule has 0 radical (unpaired) electrons. The van der Waals surface area contributed by atoms with Crippen molar-refractivity contribution in [1.29, 1.82) is 0 Å². The van der Waals surface area contributed by atoms with Crippen LogP contribution in [0.1, 0.15) is 17.2 Å². The van der Waals surface area contributed by atoms with Gasteiger partial charge in [0.25, 0.3) is 0 Å². The lowest BCUT2D eigenvalue weighted by Gasteiger charge is -2.17. The molecule has 0 aromatic heterocycles. The molecule has 1 aliphatic heterocycles. The number of methoxy groups -OCH3 is 2. The summed E-state index contributed by atoms with van der Waals surface area (Å²) in [5.41, 5.74) is 1.74. The van der Waals surface area contributed by atoms with Crippen molar-refractivity contribution in [1.82, 2.24) is 0 Å². The van der Waals surface area contributed by atoms with Gasteiger partial charge in [-0.25, -0.2) is 0 Å². The molecule has 5 heteroatoms. The first kappa shape index (κ1) is 15.6. The Hall–Kier alpha value is -2.24. The number of epoxide rings is 1. The fourth-order valence-corrected chi connectivity index (χ4v) is 2.40. The van der Waals surface area contributed by atoms with E-state index in [2.05, 4.69) is 0 Å². The summed E-state index contributed by atoms with van der Waals surface area (Å²) >= 11 is 0. The fourth-order valence-electron chi connectivity index (χ4n) is 2.40. The summed E-state index contributed by atoms with van der Waals surface area (Å²) in [7, 11) is 3.13. The molecular weight excluding hydrogens is 296 g/mol. The van der Waals surface area contributed by atoms with Gasteiger partial charge in [-0.2, -0.15) is 0 Å². The Morgan fingerprint density at radius 2 is 1.74 bits per heavy atom. The van der Waals surface area contributed by atoms with E-state index in [1.165, 1.54) is 0 Å². The summed E-state index contributed by atoms with van der Waals surface area (Å²) < 4.78 is 21.8. The molecular formula is C18H20O5. The average molecular weight is 316 g/mol. The number of rotatable bonds is 7. The smallest absolute Gasteiger partial charge is 0.203 e. The molecule has 0 spiro atoms. The van der Waals surface area contributed by atoms with Crippen molar-refractivity contribution in [3.63, 3.8) is 0 Å². The van der Waals surface area contributed by atoms with Gasteiger partial charge in [-0.05, 0) is 23.3 Å². The van der Waals surface area contributed by atoms with Crippen molar-refractivity contribution < 1.29 is 24.1 Å². The van der Waals surface area contributed by atoms with E-state index in [1.807, 2.05) is 30.3 Å². The van der Waals surface area contributed by atoms with Gasteiger partial charge in [0.15, 0.2) is 11.5 Å². The molecule has 3 rings (SSSR count). The van der Waals surface area contributed by atoms with E-state index in [0.717, 1.165) is 5.56 Å². The molecule has 1 saturated heterocycles. The predicted molar refractivity (Wildman–Crippen MR) is 85.0 cm³/mol. The summed E-state index contributed by atoms with van der Waals surface area (Å²) in [6.07, 6.45) is -0.846. The minimum absolute atomic E-state index is 0.152. The molecule has 0 amide bonds. The summed E-state index contributed by atoms with van der Waals surface area (Å²) in [6.45, 7) is 0.971. The Morgan fingerprint density at radius 1 is 1.13 bits per heavy atom. The molecule has 1 heterocycles. The zero-order valence-corrected chi connectivity index (χ0v) is 13.2. The molecule has 23 heavy (non-hydrogen) atoms. The Kier molecular flexibility index (Phi) is 4.69. The number of aliphatic hydroxyl groups excluding tert-OH is 1. The molecule has 122 valence electrons. The molecule has 2 aromatic rings. The van der Waals surface area contributed by atoms with Crippen molar-refractivity contribution in [3.8, 4) is 17.2 Å². The van der Waals surface area contributed by atoms with E-state index in [-0.39, 0.29) is 6.10 Å². The maximum absolute atomic E-state index is 10.2. The SMILES string of the molecule is COc1cc([C@H](O)C2CO2)cc(OC)c1OCc1ccccc1.